The summed E-state index contributed by atoms with van der Waals surface area (Å²) in [4.78, 5) is 25.0. The third-order valence-electron chi connectivity index (χ3n) is 8.77. The van der Waals surface area contributed by atoms with Gasteiger partial charge < -0.3 is 44.9 Å². The van der Waals surface area contributed by atoms with Crippen molar-refractivity contribution in [2.45, 2.75) is 41.5 Å². The number of anilines is 2. The number of carbonyl (C=O) groups is 2. The Hall–Kier alpha value is -6.94. The zero-order valence-corrected chi connectivity index (χ0v) is 34.2. The van der Waals surface area contributed by atoms with Gasteiger partial charge in [-0.25, -0.2) is 17.6 Å². The highest BCUT2D eigenvalue weighted by Crippen LogP contribution is 2.38. The van der Waals surface area contributed by atoms with Gasteiger partial charge in [0.1, 0.15) is 40.1 Å². The standard InChI is InChI=1S/C11H11NO3.C9H9NO3.C8H9NO3S.C8H10O.C7H7FO/c1-6-3-4-9(13)10-7(6)5-8(12-10)11(14)15-2;1-5-2-3-6(11)8-9(5)13-4-7(12)10-8;1-6-3-2-4-7-8(6)12-5-13(10,11)9-7;1-6-3-4-8(9)5-7(6)2;1-5-2-3-7(9)6(8)4-5/h3-5,12-13H,1-2H3;2-3,11H,4H2,1H3,(H,10,12);2-4,9H,5H2,1H3;3-5,9H,1-2H3;2-4,9H,1H3. The average Bonchev–Trinajstić information content (AvgIpc) is 3.66. The normalized spacial score (nSPS) is 12.8. The van der Waals surface area contributed by atoms with Gasteiger partial charge in [0.2, 0.25) is 5.94 Å². The Labute approximate surface area is 340 Å². The van der Waals surface area contributed by atoms with Crippen molar-refractivity contribution >= 4 is 44.2 Å². The SMILES string of the molecule is COC(=O)c1cc2c(C)ccc(O)c2[nH]1.Cc1ccc(O)c(F)c1.Cc1ccc(O)c2c1OCC(=O)N2.Cc1ccc(O)cc1C.Cc1cccc2c1OCS(=O)(=O)N2. The van der Waals surface area contributed by atoms with Gasteiger partial charge in [0.15, 0.2) is 18.2 Å². The van der Waals surface area contributed by atoms with Crippen molar-refractivity contribution in [1.29, 1.82) is 0 Å². The van der Waals surface area contributed by atoms with E-state index in [1.165, 1.54) is 30.9 Å². The summed E-state index contributed by atoms with van der Waals surface area (Å²) in [7, 11) is -1.97. The summed E-state index contributed by atoms with van der Waals surface area (Å²) in [5.41, 5.74) is 7.78. The van der Waals surface area contributed by atoms with Crippen LogP contribution >= 0.6 is 0 Å². The number of fused-ring (bicyclic) bond motifs is 3. The number of hydrogen-bond acceptors (Lipinski definition) is 11. The fourth-order valence-electron chi connectivity index (χ4n) is 5.46. The van der Waals surface area contributed by atoms with Crippen LogP contribution in [-0.4, -0.2) is 65.4 Å². The Bertz CT molecular complexity index is 2500. The molecular weight excluding hydrogens is 786 g/mol. The van der Waals surface area contributed by atoms with Crippen LogP contribution in [0, 0.1) is 47.4 Å². The van der Waals surface area contributed by atoms with Crippen LogP contribution in [0.5, 0.6) is 34.5 Å². The molecule has 0 saturated heterocycles. The van der Waals surface area contributed by atoms with E-state index in [0.717, 1.165) is 33.2 Å². The summed E-state index contributed by atoms with van der Waals surface area (Å²) in [5, 5.41) is 40.0. The number of para-hydroxylation sites is 1. The summed E-state index contributed by atoms with van der Waals surface area (Å²) in [6.45, 7) is 11.4. The molecule has 6 aromatic rings. The maximum Gasteiger partial charge on any atom is 0.354 e. The number of benzene rings is 5. The summed E-state index contributed by atoms with van der Waals surface area (Å²) in [6.07, 6.45) is 0. The number of H-pyrrole nitrogens is 1. The van der Waals surface area contributed by atoms with Crippen LogP contribution in [0.25, 0.3) is 10.9 Å². The Morgan fingerprint density at radius 3 is 2.00 bits per heavy atom. The number of halogens is 1. The van der Waals surface area contributed by atoms with Crippen molar-refractivity contribution in [2.24, 2.45) is 0 Å². The van der Waals surface area contributed by atoms with Gasteiger partial charge in [-0.1, -0.05) is 36.4 Å². The number of nitrogens with one attached hydrogen (secondary N) is 3. The van der Waals surface area contributed by atoms with E-state index in [9.17, 15) is 32.6 Å². The van der Waals surface area contributed by atoms with E-state index in [1.54, 1.807) is 61.5 Å². The van der Waals surface area contributed by atoms with E-state index in [0.29, 0.717) is 39.8 Å². The fraction of sp³-hybridized carbons (Fsp3) is 0.209. The Morgan fingerprint density at radius 2 is 1.37 bits per heavy atom. The van der Waals surface area contributed by atoms with Crippen LogP contribution in [0.3, 0.4) is 0 Å². The molecule has 0 spiro atoms. The van der Waals surface area contributed by atoms with Gasteiger partial charge in [-0.05, 0) is 123 Å². The molecule has 0 radical (unpaired) electrons. The van der Waals surface area contributed by atoms with Gasteiger partial charge in [-0.2, -0.15) is 0 Å². The minimum absolute atomic E-state index is 0.0112. The number of amides is 1. The van der Waals surface area contributed by atoms with Crippen LogP contribution < -0.4 is 19.5 Å². The second-order valence-electron chi connectivity index (χ2n) is 13.5. The van der Waals surface area contributed by atoms with Crippen LogP contribution in [0.1, 0.15) is 43.9 Å². The molecule has 1 aromatic heterocycles. The zero-order valence-electron chi connectivity index (χ0n) is 33.4. The molecule has 0 aliphatic carbocycles. The Balaban J connectivity index is 0.000000165. The lowest BCUT2D eigenvalue weighted by molar-refractivity contribution is -0.118. The Morgan fingerprint density at radius 1 is 0.729 bits per heavy atom. The minimum Gasteiger partial charge on any atom is -0.508 e. The lowest BCUT2D eigenvalue weighted by atomic mass is 10.1. The first-order chi connectivity index (χ1) is 27.8. The summed E-state index contributed by atoms with van der Waals surface area (Å²) in [5.74, 6) is -0.145. The number of aryl methyl sites for hydroxylation is 6. The second-order valence-corrected chi connectivity index (χ2v) is 15.1. The fourth-order valence-corrected chi connectivity index (χ4v) is 6.28. The van der Waals surface area contributed by atoms with E-state index in [1.807, 2.05) is 46.8 Å². The molecule has 2 aliphatic heterocycles. The predicted molar refractivity (Wildman–Crippen MR) is 223 cm³/mol. The molecule has 7 N–H and O–H groups in total. The molecule has 0 saturated carbocycles. The van der Waals surface area contributed by atoms with Crippen molar-refractivity contribution in [3.05, 3.63) is 130 Å². The molecule has 59 heavy (non-hydrogen) atoms. The quantitative estimate of drug-likeness (QED) is 0.0624. The highest BCUT2D eigenvalue weighted by Gasteiger charge is 2.22. The lowest BCUT2D eigenvalue weighted by Crippen LogP contribution is -2.25. The summed E-state index contributed by atoms with van der Waals surface area (Å²) in [6, 6.07) is 23.3. The number of sulfonamides is 1. The number of hydrogen-bond donors (Lipinski definition) is 7. The highest BCUT2D eigenvalue weighted by molar-refractivity contribution is 7.92. The van der Waals surface area contributed by atoms with Crippen molar-refractivity contribution in [1.82, 2.24) is 4.98 Å². The van der Waals surface area contributed by atoms with Crippen LogP contribution in [0.15, 0.2) is 84.9 Å². The van der Waals surface area contributed by atoms with Gasteiger partial charge >= 0.3 is 5.97 Å². The van der Waals surface area contributed by atoms with E-state index < -0.39 is 21.8 Å². The van der Waals surface area contributed by atoms with Gasteiger partial charge in [0, 0.05) is 5.39 Å². The molecule has 312 valence electrons. The molecule has 5 aromatic carbocycles. The van der Waals surface area contributed by atoms with E-state index in [-0.39, 0.29) is 35.7 Å². The molecule has 16 heteroatoms. The highest BCUT2D eigenvalue weighted by atomic mass is 32.2. The largest absolute Gasteiger partial charge is 0.508 e. The number of aromatic nitrogens is 1. The molecular formula is C43H46FN3O11S. The van der Waals surface area contributed by atoms with E-state index >= 15 is 0 Å². The van der Waals surface area contributed by atoms with Crippen LogP contribution in [-0.2, 0) is 19.6 Å². The average molecular weight is 832 g/mol. The van der Waals surface area contributed by atoms with Crippen molar-refractivity contribution < 1.29 is 57.0 Å². The summed E-state index contributed by atoms with van der Waals surface area (Å²) < 4.78 is 51.8. The van der Waals surface area contributed by atoms with Gasteiger partial charge in [-0.15, -0.1) is 0 Å². The molecule has 0 atom stereocenters. The maximum atomic E-state index is 12.3. The number of phenols is 4. The third-order valence-corrected chi connectivity index (χ3v) is 9.73. The number of carbonyl (C=O) groups excluding carboxylic acids is 2. The summed E-state index contributed by atoms with van der Waals surface area (Å²) >= 11 is 0. The first kappa shape index (κ1) is 44.8. The van der Waals surface area contributed by atoms with Gasteiger partial charge in [0.25, 0.3) is 15.9 Å². The molecule has 8 rings (SSSR count). The Kier molecular flexibility index (Phi) is 14.8. The molecule has 0 bridgehead atoms. The number of methoxy groups -OCH3 is 1. The first-order valence-corrected chi connectivity index (χ1v) is 19.5. The maximum absolute atomic E-state index is 12.3. The topological polar surface area (TPSA) is 217 Å². The van der Waals surface area contributed by atoms with Crippen molar-refractivity contribution in [3.63, 3.8) is 0 Å². The number of ether oxygens (including phenoxy) is 3. The molecule has 0 unspecified atom stereocenters. The second kappa shape index (κ2) is 19.5. The van der Waals surface area contributed by atoms with Gasteiger partial charge in [-0.3, -0.25) is 9.52 Å². The number of esters is 1. The molecule has 0 fully saturated rings. The number of phenolic OH excluding ortho intramolecular Hbond substituents is 4. The van der Waals surface area contributed by atoms with Crippen LogP contribution in [0.2, 0.25) is 0 Å². The molecule has 1 amide bonds. The number of aromatic amines is 1. The van der Waals surface area contributed by atoms with E-state index in [2.05, 4.69) is 19.8 Å². The van der Waals surface area contributed by atoms with Crippen LogP contribution in [0.4, 0.5) is 15.8 Å². The van der Waals surface area contributed by atoms with Crippen molar-refractivity contribution in [2.75, 3.05) is 29.7 Å². The van der Waals surface area contributed by atoms with Crippen molar-refractivity contribution in [3.8, 4) is 34.5 Å². The predicted octanol–water partition coefficient (Wildman–Crippen LogP) is 7.94. The molecule has 3 heterocycles. The first-order valence-electron chi connectivity index (χ1n) is 17.9. The third kappa shape index (κ3) is 12.0. The zero-order chi connectivity index (χ0) is 43.6. The van der Waals surface area contributed by atoms with E-state index in [4.69, 9.17) is 19.7 Å². The monoisotopic (exact) mass is 831 g/mol. The number of rotatable bonds is 1. The van der Waals surface area contributed by atoms with Gasteiger partial charge in [0.05, 0.1) is 18.3 Å². The molecule has 14 nitrogen and oxygen atoms in total. The smallest absolute Gasteiger partial charge is 0.354 e. The lowest BCUT2D eigenvalue weighted by Gasteiger charge is -2.20. The number of aromatic hydroxyl groups is 4. The molecule has 2 aliphatic rings. The minimum atomic E-state index is -3.29.